The van der Waals surface area contributed by atoms with Crippen LogP contribution in [0, 0.1) is 0 Å². The van der Waals surface area contributed by atoms with Gasteiger partial charge in [0.05, 0.1) is 0 Å². The molecule has 6 nitrogen and oxygen atoms in total. The Hall–Kier alpha value is -2.60. The van der Waals surface area contributed by atoms with Gasteiger partial charge in [0, 0.05) is 35.3 Å². The van der Waals surface area contributed by atoms with Crippen molar-refractivity contribution in [3.8, 4) is 0 Å². The second kappa shape index (κ2) is 9.42. The first-order valence-electron chi connectivity index (χ1n) is 7.32. The topological polar surface area (TPSA) is 102 Å². The molecular formula is C17H22N2O4. The lowest BCUT2D eigenvalue weighted by Gasteiger charge is -2.06. The molecule has 0 amide bonds. The molecule has 1 heterocycles. The van der Waals surface area contributed by atoms with E-state index in [2.05, 4.69) is 54.6 Å². The summed E-state index contributed by atoms with van der Waals surface area (Å²) < 4.78 is 0. The summed E-state index contributed by atoms with van der Waals surface area (Å²) in [5.41, 5.74) is 2.63. The van der Waals surface area contributed by atoms with Crippen molar-refractivity contribution in [2.75, 3.05) is 6.54 Å². The molecule has 0 saturated carbocycles. The number of aromatic nitrogens is 1. The Morgan fingerprint density at radius 1 is 1.17 bits per heavy atom. The van der Waals surface area contributed by atoms with Gasteiger partial charge in [-0.1, -0.05) is 32.0 Å². The summed E-state index contributed by atoms with van der Waals surface area (Å²) in [5.74, 6) is -2.51. The smallest absolute Gasteiger partial charge is 0.328 e. The number of carboxylic acids is 2. The zero-order chi connectivity index (χ0) is 17.2. The van der Waals surface area contributed by atoms with Crippen LogP contribution in [0.4, 0.5) is 0 Å². The number of carbonyl (C=O) groups is 2. The summed E-state index contributed by atoms with van der Waals surface area (Å²) in [4.78, 5) is 22.4. The maximum absolute atomic E-state index is 9.55. The second-order valence-electron chi connectivity index (χ2n) is 5.23. The average molecular weight is 318 g/mol. The van der Waals surface area contributed by atoms with Crippen LogP contribution in [0.5, 0.6) is 0 Å². The first kappa shape index (κ1) is 18.4. The summed E-state index contributed by atoms with van der Waals surface area (Å²) in [7, 11) is 0. The van der Waals surface area contributed by atoms with Crippen LogP contribution in [0.1, 0.15) is 19.4 Å². The summed E-state index contributed by atoms with van der Waals surface area (Å²) in [6.07, 6.45) is 4.32. The number of fused-ring (bicyclic) bond motifs is 1. The summed E-state index contributed by atoms with van der Waals surface area (Å²) in [6, 6.07) is 9.02. The van der Waals surface area contributed by atoms with Crippen LogP contribution in [0.25, 0.3) is 10.9 Å². The van der Waals surface area contributed by atoms with E-state index >= 15 is 0 Å². The molecular weight excluding hydrogens is 296 g/mol. The van der Waals surface area contributed by atoms with Gasteiger partial charge in [-0.25, -0.2) is 9.59 Å². The lowest BCUT2D eigenvalue weighted by Crippen LogP contribution is -2.24. The van der Waals surface area contributed by atoms with E-state index in [9.17, 15) is 9.59 Å². The largest absolute Gasteiger partial charge is 0.478 e. The third-order valence-electron chi connectivity index (χ3n) is 2.99. The minimum Gasteiger partial charge on any atom is -0.478 e. The molecule has 2 rings (SSSR count). The van der Waals surface area contributed by atoms with E-state index in [1.165, 1.54) is 16.5 Å². The van der Waals surface area contributed by atoms with Crippen LogP contribution in [-0.4, -0.2) is 39.7 Å². The summed E-state index contributed by atoms with van der Waals surface area (Å²) in [6.45, 7) is 5.39. The second-order valence-corrected chi connectivity index (χ2v) is 5.23. The highest BCUT2D eigenvalue weighted by atomic mass is 16.4. The van der Waals surface area contributed by atoms with E-state index in [4.69, 9.17) is 10.2 Å². The van der Waals surface area contributed by atoms with Crippen molar-refractivity contribution in [1.82, 2.24) is 10.3 Å². The Balaban J connectivity index is 0.000000284. The molecule has 6 heteroatoms. The van der Waals surface area contributed by atoms with Crippen molar-refractivity contribution < 1.29 is 19.8 Å². The van der Waals surface area contributed by atoms with E-state index < -0.39 is 11.9 Å². The molecule has 0 radical (unpaired) electrons. The van der Waals surface area contributed by atoms with Crippen LogP contribution in [0.15, 0.2) is 42.6 Å². The van der Waals surface area contributed by atoms with Gasteiger partial charge in [-0.2, -0.15) is 0 Å². The van der Waals surface area contributed by atoms with E-state index in [0.29, 0.717) is 18.2 Å². The molecule has 0 saturated heterocycles. The van der Waals surface area contributed by atoms with E-state index in [1.54, 1.807) is 0 Å². The molecule has 0 aliphatic carbocycles. The zero-order valence-electron chi connectivity index (χ0n) is 13.2. The predicted molar refractivity (Wildman–Crippen MR) is 89.6 cm³/mol. The summed E-state index contributed by atoms with van der Waals surface area (Å²) >= 11 is 0. The van der Waals surface area contributed by atoms with Crippen molar-refractivity contribution in [2.45, 2.75) is 26.3 Å². The fourth-order valence-electron chi connectivity index (χ4n) is 1.98. The number of benzene rings is 1. The highest BCUT2D eigenvalue weighted by Crippen LogP contribution is 2.17. The van der Waals surface area contributed by atoms with Gasteiger partial charge in [0.1, 0.15) is 0 Å². The molecule has 0 fully saturated rings. The monoisotopic (exact) mass is 318 g/mol. The maximum Gasteiger partial charge on any atom is 0.328 e. The Labute approximate surface area is 134 Å². The predicted octanol–water partition coefficient (Wildman–Crippen LogP) is 2.42. The van der Waals surface area contributed by atoms with Gasteiger partial charge in [-0.05, 0) is 24.6 Å². The molecule has 124 valence electrons. The zero-order valence-corrected chi connectivity index (χ0v) is 13.2. The highest BCUT2D eigenvalue weighted by molar-refractivity contribution is 5.89. The Morgan fingerprint density at radius 3 is 2.35 bits per heavy atom. The van der Waals surface area contributed by atoms with Crippen molar-refractivity contribution in [1.29, 1.82) is 0 Å². The third kappa shape index (κ3) is 7.28. The minimum atomic E-state index is -1.26. The van der Waals surface area contributed by atoms with Crippen LogP contribution in [0.3, 0.4) is 0 Å². The number of hydrogen-bond donors (Lipinski definition) is 4. The third-order valence-corrected chi connectivity index (χ3v) is 2.99. The molecule has 4 N–H and O–H groups in total. The lowest BCUT2D eigenvalue weighted by atomic mass is 10.1. The molecule has 0 unspecified atom stereocenters. The van der Waals surface area contributed by atoms with E-state index in [1.807, 2.05) is 0 Å². The quantitative estimate of drug-likeness (QED) is 0.613. The van der Waals surface area contributed by atoms with Crippen LogP contribution >= 0.6 is 0 Å². The first-order chi connectivity index (χ1) is 10.9. The maximum atomic E-state index is 9.55. The Morgan fingerprint density at radius 2 is 1.78 bits per heavy atom. The van der Waals surface area contributed by atoms with Gasteiger partial charge in [0.15, 0.2) is 0 Å². The number of carboxylic acid groups (broad SMARTS) is 2. The molecule has 0 atom stereocenters. The summed E-state index contributed by atoms with van der Waals surface area (Å²) in [5, 5.41) is 20.4. The SMILES string of the molecule is CC(C)NCCc1c[nH]c2ccccc12.O=C(O)/C=C\C(=O)O. The standard InChI is InChI=1S/C13H18N2.C4H4O4/c1-10(2)14-8-7-11-9-15-13-6-4-3-5-12(11)13;5-3(6)1-2-4(7)8/h3-6,9-10,14-15H,7-8H2,1-2H3;1-2H,(H,5,6)(H,7,8)/b;2-1-. The van der Waals surface area contributed by atoms with Gasteiger partial charge < -0.3 is 20.5 Å². The van der Waals surface area contributed by atoms with E-state index in [0.717, 1.165) is 13.0 Å². The number of aliphatic carboxylic acids is 2. The Bertz CT molecular complexity index is 658. The van der Waals surface area contributed by atoms with Crippen molar-refractivity contribution in [3.63, 3.8) is 0 Å². The van der Waals surface area contributed by atoms with Crippen molar-refractivity contribution in [2.24, 2.45) is 0 Å². The molecule has 0 aliphatic heterocycles. The van der Waals surface area contributed by atoms with Crippen molar-refractivity contribution >= 4 is 22.8 Å². The van der Waals surface area contributed by atoms with Crippen LogP contribution in [-0.2, 0) is 16.0 Å². The number of nitrogens with one attached hydrogen (secondary N) is 2. The number of hydrogen-bond acceptors (Lipinski definition) is 3. The highest BCUT2D eigenvalue weighted by Gasteiger charge is 2.02. The normalized spacial score (nSPS) is 10.7. The van der Waals surface area contributed by atoms with Crippen molar-refractivity contribution in [3.05, 3.63) is 48.2 Å². The van der Waals surface area contributed by atoms with Gasteiger partial charge in [-0.15, -0.1) is 0 Å². The molecule has 0 spiro atoms. The molecule has 23 heavy (non-hydrogen) atoms. The van der Waals surface area contributed by atoms with Crippen LogP contribution < -0.4 is 5.32 Å². The van der Waals surface area contributed by atoms with Gasteiger partial charge in [0.2, 0.25) is 0 Å². The lowest BCUT2D eigenvalue weighted by molar-refractivity contribution is -0.134. The van der Waals surface area contributed by atoms with Gasteiger partial charge >= 0.3 is 11.9 Å². The van der Waals surface area contributed by atoms with Gasteiger partial charge in [0.25, 0.3) is 0 Å². The fraction of sp³-hybridized carbons (Fsp3) is 0.294. The average Bonchev–Trinajstić information content (AvgIpc) is 2.89. The number of aromatic amines is 1. The molecule has 1 aromatic carbocycles. The van der Waals surface area contributed by atoms with Crippen LogP contribution in [0.2, 0.25) is 0 Å². The van der Waals surface area contributed by atoms with Gasteiger partial charge in [-0.3, -0.25) is 0 Å². The fourth-order valence-corrected chi connectivity index (χ4v) is 1.98. The number of para-hydroxylation sites is 1. The molecule has 2 aromatic rings. The minimum absolute atomic E-state index is 0.558. The number of rotatable bonds is 6. The first-order valence-corrected chi connectivity index (χ1v) is 7.32. The molecule has 1 aromatic heterocycles. The van der Waals surface area contributed by atoms with E-state index in [-0.39, 0.29) is 0 Å². The Kier molecular flexibility index (Phi) is 7.56. The number of H-pyrrole nitrogens is 1. The molecule has 0 aliphatic rings. The molecule has 0 bridgehead atoms.